The summed E-state index contributed by atoms with van der Waals surface area (Å²) in [7, 11) is 0. The van der Waals surface area contributed by atoms with Gasteiger partial charge >= 0.3 is 0 Å². The van der Waals surface area contributed by atoms with E-state index < -0.39 is 6.10 Å². The Morgan fingerprint density at radius 3 is 2.53 bits per heavy atom. The van der Waals surface area contributed by atoms with Crippen molar-refractivity contribution in [2.75, 3.05) is 0 Å². The normalized spacial score (nSPS) is 12.4. The number of aliphatic hydroxyl groups excluding tert-OH is 2. The van der Waals surface area contributed by atoms with Crippen LogP contribution in [-0.4, -0.2) is 10.2 Å². The molecular weight excluding hydrogens is 236 g/mol. The van der Waals surface area contributed by atoms with Gasteiger partial charge in [0.05, 0.1) is 6.61 Å². The molecule has 0 aromatic heterocycles. The van der Waals surface area contributed by atoms with E-state index >= 15 is 0 Å². The fourth-order valence-electron chi connectivity index (χ4n) is 1.80. The largest absolute Gasteiger partial charge is 0.392 e. The molecule has 1 atom stereocenters. The quantitative estimate of drug-likeness (QED) is 0.877. The molecule has 0 bridgehead atoms. The van der Waals surface area contributed by atoms with Gasteiger partial charge in [0.15, 0.2) is 0 Å². The lowest BCUT2D eigenvalue weighted by Crippen LogP contribution is -2.03. The Kier molecular flexibility index (Phi) is 3.79. The Morgan fingerprint density at radius 1 is 1.06 bits per heavy atom. The molecule has 0 heterocycles. The molecule has 0 aliphatic carbocycles. The van der Waals surface area contributed by atoms with E-state index in [0.29, 0.717) is 10.6 Å². The number of aliphatic hydroxyl groups is 2. The van der Waals surface area contributed by atoms with Crippen molar-refractivity contribution < 1.29 is 10.2 Å². The first-order valence-corrected chi connectivity index (χ1v) is 5.72. The van der Waals surface area contributed by atoms with Crippen LogP contribution in [-0.2, 0) is 6.61 Å². The van der Waals surface area contributed by atoms with E-state index in [4.69, 9.17) is 11.6 Å². The molecule has 0 saturated heterocycles. The zero-order chi connectivity index (χ0) is 12.3. The van der Waals surface area contributed by atoms with Crippen molar-refractivity contribution in [3.05, 3.63) is 70.2 Å². The topological polar surface area (TPSA) is 40.5 Å². The predicted molar refractivity (Wildman–Crippen MR) is 67.9 cm³/mol. The fourth-order valence-corrected chi connectivity index (χ4v) is 2.00. The van der Waals surface area contributed by atoms with Crippen LogP contribution >= 0.6 is 11.6 Å². The van der Waals surface area contributed by atoms with Gasteiger partial charge in [0, 0.05) is 5.02 Å². The van der Waals surface area contributed by atoms with Gasteiger partial charge in [0.25, 0.3) is 0 Å². The molecule has 1 unspecified atom stereocenters. The third kappa shape index (κ3) is 2.67. The summed E-state index contributed by atoms with van der Waals surface area (Å²) in [6.07, 6.45) is -0.767. The molecule has 2 aromatic carbocycles. The van der Waals surface area contributed by atoms with E-state index in [0.717, 1.165) is 11.1 Å². The fraction of sp³-hybridized carbons (Fsp3) is 0.143. The molecule has 0 aliphatic heterocycles. The van der Waals surface area contributed by atoms with E-state index in [2.05, 4.69) is 0 Å². The molecule has 0 spiro atoms. The highest BCUT2D eigenvalue weighted by Crippen LogP contribution is 2.26. The summed E-state index contributed by atoms with van der Waals surface area (Å²) in [4.78, 5) is 0. The lowest BCUT2D eigenvalue weighted by atomic mass is 9.97. The highest BCUT2D eigenvalue weighted by Gasteiger charge is 2.13. The summed E-state index contributed by atoms with van der Waals surface area (Å²) in [6.45, 7) is -0.0895. The van der Waals surface area contributed by atoms with E-state index in [1.807, 2.05) is 18.2 Å². The van der Waals surface area contributed by atoms with Gasteiger partial charge in [-0.05, 0) is 28.8 Å². The van der Waals surface area contributed by atoms with Gasteiger partial charge in [0.2, 0.25) is 0 Å². The summed E-state index contributed by atoms with van der Waals surface area (Å²) in [5, 5.41) is 20.1. The number of halogens is 1. The Bertz CT molecular complexity index is 511. The van der Waals surface area contributed by atoms with E-state index in [9.17, 15) is 10.2 Å². The van der Waals surface area contributed by atoms with Crippen molar-refractivity contribution in [3.8, 4) is 0 Å². The smallest absolute Gasteiger partial charge is 0.104 e. The van der Waals surface area contributed by atoms with Crippen LogP contribution < -0.4 is 0 Å². The minimum Gasteiger partial charge on any atom is -0.392 e. The third-order valence-corrected chi connectivity index (χ3v) is 2.92. The van der Waals surface area contributed by atoms with Crippen molar-refractivity contribution >= 4 is 11.6 Å². The zero-order valence-electron chi connectivity index (χ0n) is 9.18. The third-order valence-electron chi connectivity index (χ3n) is 2.68. The van der Waals surface area contributed by atoms with Crippen LogP contribution in [0, 0.1) is 0 Å². The molecule has 0 fully saturated rings. The monoisotopic (exact) mass is 248 g/mol. The average molecular weight is 249 g/mol. The maximum absolute atomic E-state index is 10.3. The standard InChI is InChI=1S/C14H13ClO2/c15-12-6-3-5-10(8-12)14(17)13-7-2-1-4-11(13)9-16/h1-8,14,16-17H,9H2. The first-order valence-electron chi connectivity index (χ1n) is 5.34. The van der Waals surface area contributed by atoms with Gasteiger partial charge in [-0.2, -0.15) is 0 Å². The van der Waals surface area contributed by atoms with Crippen molar-refractivity contribution in [2.24, 2.45) is 0 Å². The zero-order valence-corrected chi connectivity index (χ0v) is 9.93. The molecule has 0 saturated carbocycles. The minimum absolute atomic E-state index is 0.0895. The van der Waals surface area contributed by atoms with Crippen LogP contribution in [0.25, 0.3) is 0 Å². The van der Waals surface area contributed by atoms with Gasteiger partial charge in [-0.3, -0.25) is 0 Å². The highest BCUT2D eigenvalue weighted by atomic mass is 35.5. The second kappa shape index (κ2) is 5.32. The summed E-state index contributed by atoms with van der Waals surface area (Å²) in [5.74, 6) is 0. The van der Waals surface area contributed by atoms with Crippen LogP contribution in [0.1, 0.15) is 22.8 Å². The number of benzene rings is 2. The molecule has 0 amide bonds. The van der Waals surface area contributed by atoms with E-state index in [1.54, 1.807) is 30.3 Å². The molecule has 2 nitrogen and oxygen atoms in total. The molecule has 3 heteroatoms. The van der Waals surface area contributed by atoms with Gasteiger partial charge in [-0.1, -0.05) is 48.0 Å². The van der Waals surface area contributed by atoms with Crippen molar-refractivity contribution in [1.82, 2.24) is 0 Å². The second-order valence-electron chi connectivity index (χ2n) is 3.81. The van der Waals surface area contributed by atoms with Gasteiger partial charge in [-0.25, -0.2) is 0 Å². The lowest BCUT2D eigenvalue weighted by molar-refractivity contribution is 0.213. The van der Waals surface area contributed by atoms with Crippen molar-refractivity contribution in [1.29, 1.82) is 0 Å². The van der Waals surface area contributed by atoms with Gasteiger partial charge in [-0.15, -0.1) is 0 Å². The maximum Gasteiger partial charge on any atom is 0.104 e. The molecule has 0 radical (unpaired) electrons. The Hall–Kier alpha value is -1.35. The molecule has 2 N–H and O–H groups in total. The van der Waals surface area contributed by atoms with Crippen LogP contribution in [0.4, 0.5) is 0 Å². The Balaban J connectivity index is 2.40. The SMILES string of the molecule is OCc1ccccc1C(O)c1cccc(Cl)c1. The molecule has 17 heavy (non-hydrogen) atoms. The number of hydrogen-bond donors (Lipinski definition) is 2. The van der Waals surface area contributed by atoms with Crippen molar-refractivity contribution in [2.45, 2.75) is 12.7 Å². The maximum atomic E-state index is 10.3. The summed E-state index contributed by atoms with van der Waals surface area (Å²) in [5.41, 5.74) is 2.15. The van der Waals surface area contributed by atoms with E-state index in [-0.39, 0.29) is 6.61 Å². The van der Waals surface area contributed by atoms with E-state index in [1.165, 1.54) is 0 Å². The molecule has 2 rings (SSSR count). The molecule has 0 aliphatic rings. The Morgan fingerprint density at radius 2 is 1.82 bits per heavy atom. The summed E-state index contributed by atoms with van der Waals surface area (Å²) in [6, 6.07) is 14.4. The molecule has 2 aromatic rings. The average Bonchev–Trinajstić information content (AvgIpc) is 2.38. The number of rotatable bonds is 3. The first kappa shape index (κ1) is 12.1. The lowest BCUT2D eigenvalue weighted by Gasteiger charge is -2.15. The van der Waals surface area contributed by atoms with Crippen LogP contribution in [0.2, 0.25) is 5.02 Å². The summed E-state index contributed by atoms with van der Waals surface area (Å²) < 4.78 is 0. The minimum atomic E-state index is -0.767. The highest BCUT2D eigenvalue weighted by molar-refractivity contribution is 6.30. The molecule has 88 valence electrons. The van der Waals surface area contributed by atoms with Gasteiger partial charge in [0.1, 0.15) is 6.10 Å². The molecular formula is C14H13ClO2. The predicted octanol–water partition coefficient (Wildman–Crippen LogP) is 2.91. The van der Waals surface area contributed by atoms with Crippen molar-refractivity contribution in [3.63, 3.8) is 0 Å². The number of hydrogen-bond acceptors (Lipinski definition) is 2. The Labute approximate surface area is 105 Å². The van der Waals surface area contributed by atoms with Crippen LogP contribution in [0.15, 0.2) is 48.5 Å². The summed E-state index contributed by atoms with van der Waals surface area (Å²) >= 11 is 5.89. The second-order valence-corrected chi connectivity index (χ2v) is 4.25. The van der Waals surface area contributed by atoms with Crippen LogP contribution in [0.3, 0.4) is 0 Å². The van der Waals surface area contributed by atoms with Crippen LogP contribution in [0.5, 0.6) is 0 Å². The van der Waals surface area contributed by atoms with Gasteiger partial charge < -0.3 is 10.2 Å². The first-order chi connectivity index (χ1) is 8.22.